The lowest BCUT2D eigenvalue weighted by atomic mass is 9.97. The van der Waals surface area contributed by atoms with Gasteiger partial charge in [-0.3, -0.25) is 0 Å². The normalized spacial score (nSPS) is 49.2. The molecule has 0 bridgehead atoms. The summed E-state index contributed by atoms with van der Waals surface area (Å²) in [6.07, 6.45) is -5.44. The summed E-state index contributed by atoms with van der Waals surface area (Å²) in [5, 5.41) is 36.5. The molecule has 0 aromatic heterocycles. The molecule has 4 N–H and O–H groups in total. The average molecular weight is 178 g/mol. The lowest BCUT2D eigenvalue weighted by Gasteiger charge is -2.37. The highest BCUT2D eigenvalue weighted by Gasteiger charge is 2.41. The van der Waals surface area contributed by atoms with Crippen molar-refractivity contribution in [2.24, 2.45) is 0 Å². The van der Waals surface area contributed by atoms with Gasteiger partial charge in [0.05, 0.1) is 6.10 Å². The zero-order valence-electron chi connectivity index (χ0n) is 6.79. The first-order valence-electron chi connectivity index (χ1n) is 3.95. The Morgan fingerprint density at radius 1 is 1.00 bits per heavy atom. The molecule has 1 aliphatic rings. The number of aliphatic hydroxyl groups is 4. The topological polar surface area (TPSA) is 90.2 Å². The van der Waals surface area contributed by atoms with E-state index in [9.17, 15) is 10.2 Å². The Hall–Kier alpha value is -0.200. The van der Waals surface area contributed by atoms with Crippen LogP contribution in [0.3, 0.4) is 0 Å². The van der Waals surface area contributed by atoms with E-state index in [1.807, 2.05) is 0 Å². The van der Waals surface area contributed by atoms with Crippen LogP contribution in [0.15, 0.2) is 0 Å². The minimum absolute atomic E-state index is 0.474. The molecule has 5 heteroatoms. The summed E-state index contributed by atoms with van der Waals surface area (Å²) >= 11 is 0. The number of aliphatic hydroxyl groups excluding tert-OH is 4. The van der Waals surface area contributed by atoms with Gasteiger partial charge in [0.15, 0.2) is 6.29 Å². The molecule has 5 nitrogen and oxygen atoms in total. The van der Waals surface area contributed by atoms with E-state index < -0.39 is 30.7 Å². The first kappa shape index (κ1) is 9.88. The molecule has 0 amide bonds. The molecule has 0 aromatic rings. The zero-order chi connectivity index (χ0) is 9.30. The Morgan fingerprint density at radius 3 is 2.08 bits per heavy atom. The third-order valence-corrected chi connectivity index (χ3v) is 2.09. The molecule has 1 heterocycles. The lowest BCUT2D eigenvalue weighted by Crippen LogP contribution is -2.57. The van der Waals surface area contributed by atoms with Crippen molar-refractivity contribution in [3.05, 3.63) is 0 Å². The van der Waals surface area contributed by atoms with Crippen LogP contribution in [0, 0.1) is 0 Å². The van der Waals surface area contributed by atoms with E-state index in [4.69, 9.17) is 14.9 Å². The van der Waals surface area contributed by atoms with Crippen LogP contribution in [-0.4, -0.2) is 51.1 Å². The van der Waals surface area contributed by atoms with Crippen LogP contribution in [0.2, 0.25) is 0 Å². The minimum Gasteiger partial charge on any atom is -0.388 e. The van der Waals surface area contributed by atoms with Crippen molar-refractivity contribution >= 4 is 0 Å². The molecule has 1 fully saturated rings. The first-order chi connectivity index (χ1) is 5.57. The Balaban J connectivity index is 2.63. The van der Waals surface area contributed by atoms with Crippen molar-refractivity contribution in [2.45, 2.75) is 44.1 Å². The van der Waals surface area contributed by atoms with Crippen LogP contribution < -0.4 is 0 Å². The molecule has 72 valence electrons. The highest BCUT2D eigenvalue weighted by molar-refractivity contribution is 4.87. The van der Waals surface area contributed by atoms with Crippen LogP contribution in [-0.2, 0) is 4.74 Å². The Morgan fingerprint density at radius 2 is 1.58 bits per heavy atom. The fraction of sp³-hybridized carbons (Fsp3) is 1.00. The van der Waals surface area contributed by atoms with Gasteiger partial charge in [0, 0.05) is 0 Å². The van der Waals surface area contributed by atoms with Crippen molar-refractivity contribution in [1.82, 2.24) is 0 Å². The number of hydrogen-bond acceptors (Lipinski definition) is 5. The SMILES string of the molecule is CC[C@@H]1O[C@@H](O)C(O)C(O)C1O. The van der Waals surface area contributed by atoms with E-state index in [1.165, 1.54) is 0 Å². The van der Waals surface area contributed by atoms with E-state index >= 15 is 0 Å². The van der Waals surface area contributed by atoms with Gasteiger partial charge in [0.2, 0.25) is 0 Å². The molecule has 1 rings (SSSR count). The average Bonchev–Trinajstić information content (AvgIpc) is 2.08. The molecule has 12 heavy (non-hydrogen) atoms. The van der Waals surface area contributed by atoms with Crippen molar-refractivity contribution in [3.63, 3.8) is 0 Å². The monoisotopic (exact) mass is 178 g/mol. The van der Waals surface area contributed by atoms with Gasteiger partial charge in [-0.1, -0.05) is 6.92 Å². The quantitative estimate of drug-likeness (QED) is 0.380. The van der Waals surface area contributed by atoms with Crippen molar-refractivity contribution in [3.8, 4) is 0 Å². The third-order valence-electron chi connectivity index (χ3n) is 2.09. The molecular formula is C7H14O5. The maximum atomic E-state index is 9.28. The zero-order valence-corrected chi connectivity index (χ0v) is 6.79. The van der Waals surface area contributed by atoms with Gasteiger partial charge in [-0.15, -0.1) is 0 Å². The van der Waals surface area contributed by atoms with Gasteiger partial charge in [0.1, 0.15) is 18.3 Å². The summed E-state index contributed by atoms with van der Waals surface area (Å²) in [7, 11) is 0. The number of hydrogen-bond donors (Lipinski definition) is 4. The Kier molecular flexibility index (Phi) is 3.03. The fourth-order valence-electron chi connectivity index (χ4n) is 1.27. The second kappa shape index (κ2) is 3.68. The first-order valence-corrected chi connectivity index (χ1v) is 3.95. The third kappa shape index (κ3) is 1.60. The van der Waals surface area contributed by atoms with Crippen LogP contribution in [0.1, 0.15) is 13.3 Å². The maximum absolute atomic E-state index is 9.28. The van der Waals surface area contributed by atoms with Gasteiger partial charge in [0.25, 0.3) is 0 Å². The molecule has 3 unspecified atom stereocenters. The smallest absolute Gasteiger partial charge is 0.183 e. The Bertz CT molecular complexity index is 146. The summed E-state index contributed by atoms with van der Waals surface area (Å²) in [5.74, 6) is 0. The van der Waals surface area contributed by atoms with Gasteiger partial charge >= 0.3 is 0 Å². The van der Waals surface area contributed by atoms with E-state index in [0.29, 0.717) is 6.42 Å². The fourth-order valence-corrected chi connectivity index (χ4v) is 1.27. The van der Waals surface area contributed by atoms with Crippen molar-refractivity contribution in [2.75, 3.05) is 0 Å². The second-order valence-corrected chi connectivity index (χ2v) is 2.95. The highest BCUT2D eigenvalue weighted by Crippen LogP contribution is 2.21. The van der Waals surface area contributed by atoms with Crippen molar-refractivity contribution < 1.29 is 25.2 Å². The van der Waals surface area contributed by atoms with E-state index in [-0.39, 0.29) is 0 Å². The molecule has 0 aliphatic carbocycles. The summed E-state index contributed by atoms with van der Waals surface area (Å²) in [6, 6.07) is 0. The summed E-state index contributed by atoms with van der Waals surface area (Å²) in [6.45, 7) is 1.75. The van der Waals surface area contributed by atoms with Crippen LogP contribution >= 0.6 is 0 Å². The molecule has 0 aromatic carbocycles. The van der Waals surface area contributed by atoms with Gasteiger partial charge in [-0.05, 0) is 6.42 Å². The van der Waals surface area contributed by atoms with Crippen LogP contribution in [0.25, 0.3) is 0 Å². The summed E-state index contributed by atoms with van der Waals surface area (Å²) in [4.78, 5) is 0. The predicted octanol–water partition coefficient (Wildman–Crippen LogP) is -1.80. The van der Waals surface area contributed by atoms with Crippen LogP contribution in [0.5, 0.6) is 0 Å². The second-order valence-electron chi connectivity index (χ2n) is 2.95. The predicted molar refractivity (Wildman–Crippen MR) is 39.2 cm³/mol. The largest absolute Gasteiger partial charge is 0.388 e. The van der Waals surface area contributed by atoms with Gasteiger partial charge in [-0.2, -0.15) is 0 Å². The van der Waals surface area contributed by atoms with E-state index in [2.05, 4.69) is 0 Å². The summed E-state index contributed by atoms with van der Waals surface area (Å²) < 4.78 is 4.83. The molecule has 5 atom stereocenters. The highest BCUT2D eigenvalue weighted by atomic mass is 16.6. The van der Waals surface area contributed by atoms with Gasteiger partial charge < -0.3 is 25.2 Å². The molecule has 0 saturated carbocycles. The Labute approximate surface area is 70.2 Å². The van der Waals surface area contributed by atoms with Gasteiger partial charge in [-0.25, -0.2) is 0 Å². The molecule has 0 spiro atoms. The number of ether oxygens (including phenoxy) is 1. The standard InChI is InChI=1S/C7H14O5/c1-2-3-4(8)5(9)6(10)7(11)12-3/h3-11H,2H2,1H3/t3-,4?,5?,6?,7+/m0/s1. The number of rotatable bonds is 1. The molecule has 0 radical (unpaired) electrons. The lowest BCUT2D eigenvalue weighted by molar-refractivity contribution is -0.281. The maximum Gasteiger partial charge on any atom is 0.183 e. The minimum atomic E-state index is -1.43. The van der Waals surface area contributed by atoms with E-state index in [0.717, 1.165) is 0 Å². The molecular weight excluding hydrogens is 164 g/mol. The van der Waals surface area contributed by atoms with Crippen molar-refractivity contribution in [1.29, 1.82) is 0 Å². The molecule has 1 aliphatic heterocycles. The van der Waals surface area contributed by atoms with E-state index in [1.54, 1.807) is 6.92 Å². The summed E-state index contributed by atoms with van der Waals surface area (Å²) in [5.41, 5.74) is 0. The molecule has 1 saturated heterocycles. The van der Waals surface area contributed by atoms with Crippen LogP contribution in [0.4, 0.5) is 0 Å².